The lowest BCUT2D eigenvalue weighted by atomic mass is 10.1. The molecule has 1 aromatic rings. The molecule has 1 saturated heterocycles. The van der Waals surface area contributed by atoms with E-state index < -0.39 is 0 Å². The average molecular weight is 235 g/mol. The first-order chi connectivity index (χ1) is 8.31. The molecule has 1 heterocycles. The maximum absolute atomic E-state index is 12.0. The summed E-state index contributed by atoms with van der Waals surface area (Å²) in [6.07, 6.45) is 0. The molecule has 1 atom stereocenters. The third-order valence-electron chi connectivity index (χ3n) is 3.00. The van der Waals surface area contributed by atoms with Gasteiger partial charge in [-0.2, -0.15) is 0 Å². The van der Waals surface area contributed by atoms with Crippen LogP contribution in [0.25, 0.3) is 0 Å². The molecule has 92 valence electrons. The largest absolute Gasteiger partial charge is 0.395 e. The summed E-state index contributed by atoms with van der Waals surface area (Å²) >= 11 is 0. The third kappa shape index (κ3) is 3.12. The lowest BCUT2D eigenvalue weighted by molar-refractivity contribution is -0.0240. The van der Waals surface area contributed by atoms with Crippen molar-refractivity contribution >= 4 is 5.78 Å². The molecule has 1 aliphatic heterocycles. The minimum Gasteiger partial charge on any atom is -0.395 e. The Labute approximate surface area is 101 Å². The predicted octanol–water partition coefficient (Wildman–Crippen LogP) is 0.562. The number of hydrogen-bond donors (Lipinski definition) is 1. The fourth-order valence-electron chi connectivity index (χ4n) is 1.97. The minimum absolute atomic E-state index is 0.0298. The number of carbonyl (C=O) groups excluding carboxylic acids is 1. The van der Waals surface area contributed by atoms with Crippen molar-refractivity contribution < 1.29 is 14.6 Å². The fourth-order valence-corrected chi connectivity index (χ4v) is 1.97. The highest BCUT2D eigenvalue weighted by Gasteiger charge is 2.24. The second-order valence-electron chi connectivity index (χ2n) is 4.17. The summed E-state index contributed by atoms with van der Waals surface area (Å²) in [5.74, 6) is 0.0888. The number of carbonyl (C=O) groups is 1. The molecule has 0 aromatic heterocycles. The fraction of sp³-hybridized carbons (Fsp3) is 0.462. The molecule has 1 aliphatic rings. The molecule has 1 unspecified atom stereocenters. The second kappa shape index (κ2) is 5.91. The molecule has 2 rings (SSSR count). The molecule has 0 amide bonds. The molecule has 0 saturated carbocycles. The van der Waals surface area contributed by atoms with E-state index in [1.165, 1.54) is 0 Å². The van der Waals surface area contributed by atoms with Gasteiger partial charge in [0.05, 0.1) is 32.4 Å². The number of hydrogen-bond acceptors (Lipinski definition) is 4. The van der Waals surface area contributed by atoms with E-state index >= 15 is 0 Å². The summed E-state index contributed by atoms with van der Waals surface area (Å²) in [7, 11) is 0. The Balaban J connectivity index is 1.98. The van der Waals surface area contributed by atoms with Crippen molar-refractivity contribution in [3.05, 3.63) is 35.9 Å². The molecule has 4 heteroatoms. The first-order valence-electron chi connectivity index (χ1n) is 5.82. The van der Waals surface area contributed by atoms with E-state index in [1.54, 1.807) is 0 Å². The third-order valence-corrected chi connectivity index (χ3v) is 3.00. The maximum atomic E-state index is 12.0. The van der Waals surface area contributed by atoms with Gasteiger partial charge in [-0.05, 0) is 0 Å². The van der Waals surface area contributed by atoms with Crippen molar-refractivity contribution in [1.29, 1.82) is 0 Å². The van der Waals surface area contributed by atoms with E-state index in [2.05, 4.69) is 0 Å². The molecule has 4 nitrogen and oxygen atoms in total. The lowest BCUT2D eigenvalue weighted by Crippen LogP contribution is -2.49. The van der Waals surface area contributed by atoms with Gasteiger partial charge >= 0.3 is 0 Å². The molecule has 17 heavy (non-hydrogen) atoms. The zero-order valence-corrected chi connectivity index (χ0v) is 9.71. The number of benzene rings is 1. The van der Waals surface area contributed by atoms with Gasteiger partial charge in [0.1, 0.15) is 0 Å². The summed E-state index contributed by atoms with van der Waals surface area (Å²) in [6.45, 7) is 2.20. The van der Waals surface area contributed by atoms with Crippen molar-refractivity contribution in [3.8, 4) is 0 Å². The topological polar surface area (TPSA) is 49.8 Å². The van der Waals surface area contributed by atoms with Gasteiger partial charge in [0.25, 0.3) is 0 Å². The van der Waals surface area contributed by atoms with E-state index in [-0.39, 0.29) is 18.4 Å². The maximum Gasteiger partial charge on any atom is 0.176 e. The van der Waals surface area contributed by atoms with Crippen LogP contribution < -0.4 is 0 Å². The average Bonchev–Trinajstić information content (AvgIpc) is 2.40. The van der Waals surface area contributed by atoms with Crippen LogP contribution in [0.4, 0.5) is 0 Å². The van der Waals surface area contributed by atoms with Crippen molar-refractivity contribution in [1.82, 2.24) is 4.90 Å². The smallest absolute Gasteiger partial charge is 0.176 e. The number of aliphatic hydroxyl groups is 1. The zero-order valence-electron chi connectivity index (χ0n) is 9.71. The van der Waals surface area contributed by atoms with Crippen LogP contribution in [0, 0.1) is 0 Å². The Morgan fingerprint density at radius 2 is 2.18 bits per heavy atom. The highest BCUT2D eigenvalue weighted by Crippen LogP contribution is 2.08. The number of Topliss-reactive ketones (excluding diaryl/α,β-unsaturated/α-hetero) is 1. The molecule has 1 fully saturated rings. The van der Waals surface area contributed by atoms with E-state index in [4.69, 9.17) is 4.74 Å². The molecular formula is C13H17NO3. The van der Waals surface area contributed by atoms with Crippen molar-refractivity contribution in [2.24, 2.45) is 0 Å². The van der Waals surface area contributed by atoms with Gasteiger partial charge in [0.15, 0.2) is 5.78 Å². The van der Waals surface area contributed by atoms with Gasteiger partial charge in [-0.1, -0.05) is 30.3 Å². The monoisotopic (exact) mass is 235 g/mol. The Bertz CT molecular complexity index is 366. The van der Waals surface area contributed by atoms with Crippen LogP contribution in [0.3, 0.4) is 0 Å². The summed E-state index contributed by atoms with van der Waals surface area (Å²) in [4.78, 5) is 14.0. The predicted molar refractivity (Wildman–Crippen MR) is 64.0 cm³/mol. The quantitative estimate of drug-likeness (QED) is 0.775. The number of ketones is 1. The summed E-state index contributed by atoms with van der Waals surface area (Å²) in [6, 6.07) is 9.18. The number of morpholine rings is 1. The van der Waals surface area contributed by atoms with Gasteiger partial charge < -0.3 is 9.84 Å². The van der Waals surface area contributed by atoms with E-state index in [0.29, 0.717) is 26.3 Å². The van der Waals surface area contributed by atoms with Crippen LogP contribution in [-0.4, -0.2) is 54.7 Å². The second-order valence-corrected chi connectivity index (χ2v) is 4.17. The summed E-state index contributed by atoms with van der Waals surface area (Å²) in [5.41, 5.74) is 0.718. The number of rotatable bonds is 4. The molecule has 0 spiro atoms. The van der Waals surface area contributed by atoms with Crippen LogP contribution in [0.15, 0.2) is 30.3 Å². The highest BCUT2D eigenvalue weighted by atomic mass is 16.5. The molecule has 0 radical (unpaired) electrons. The van der Waals surface area contributed by atoms with E-state index in [1.807, 2.05) is 35.2 Å². The minimum atomic E-state index is -0.0589. The summed E-state index contributed by atoms with van der Waals surface area (Å²) < 4.78 is 5.28. The SMILES string of the molecule is O=C(CN1CCOCC1CO)c1ccccc1. The Kier molecular flexibility index (Phi) is 4.25. The van der Waals surface area contributed by atoms with Gasteiger partial charge in [-0.15, -0.1) is 0 Å². The van der Waals surface area contributed by atoms with E-state index in [0.717, 1.165) is 5.56 Å². The van der Waals surface area contributed by atoms with Crippen molar-refractivity contribution in [2.45, 2.75) is 6.04 Å². The van der Waals surface area contributed by atoms with Crippen molar-refractivity contribution in [2.75, 3.05) is 32.9 Å². The normalized spacial score (nSPS) is 21.4. The highest BCUT2D eigenvalue weighted by molar-refractivity contribution is 5.97. The van der Waals surface area contributed by atoms with Gasteiger partial charge in [0.2, 0.25) is 0 Å². The van der Waals surface area contributed by atoms with Crippen LogP contribution >= 0.6 is 0 Å². The van der Waals surface area contributed by atoms with Crippen molar-refractivity contribution in [3.63, 3.8) is 0 Å². The molecular weight excluding hydrogens is 218 g/mol. The van der Waals surface area contributed by atoms with Crippen LogP contribution in [0.5, 0.6) is 0 Å². The van der Waals surface area contributed by atoms with Crippen LogP contribution in [0.1, 0.15) is 10.4 Å². The first-order valence-corrected chi connectivity index (χ1v) is 5.82. The summed E-state index contributed by atoms with van der Waals surface area (Å²) in [5, 5.41) is 9.21. The van der Waals surface area contributed by atoms with Gasteiger partial charge in [-0.25, -0.2) is 0 Å². The molecule has 1 N–H and O–H groups in total. The van der Waals surface area contributed by atoms with Gasteiger partial charge in [-0.3, -0.25) is 9.69 Å². The first kappa shape index (κ1) is 12.2. The number of aliphatic hydroxyl groups excluding tert-OH is 1. The zero-order chi connectivity index (χ0) is 12.1. The molecule has 1 aromatic carbocycles. The Hall–Kier alpha value is -1.23. The lowest BCUT2D eigenvalue weighted by Gasteiger charge is -2.33. The molecule has 0 aliphatic carbocycles. The van der Waals surface area contributed by atoms with Gasteiger partial charge in [0, 0.05) is 12.1 Å². The Morgan fingerprint density at radius 1 is 1.41 bits per heavy atom. The number of ether oxygens (including phenoxy) is 1. The standard InChI is InChI=1S/C13H17NO3/c15-9-12-10-17-7-6-14(12)8-13(16)11-4-2-1-3-5-11/h1-5,12,15H,6-10H2. The molecule has 0 bridgehead atoms. The number of nitrogens with zero attached hydrogens (tertiary/aromatic N) is 1. The Morgan fingerprint density at radius 3 is 2.88 bits per heavy atom. The van der Waals surface area contributed by atoms with Crippen LogP contribution in [0.2, 0.25) is 0 Å². The van der Waals surface area contributed by atoms with Crippen LogP contribution in [-0.2, 0) is 4.74 Å². The van der Waals surface area contributed by atoms with E-state index in [9.17, 15) is 9.90 Å².